The number of hydrogen-bond donors (Lipinski definition) is 1. The molecule has 1 N–H and O–H groups in total. The minimum absolute atomic E-state index is 0.274. The number of hydrogen-bond acceptors (Lipinski definition) is 3. The fraction of sp³-hybridized carbons (Fsp3) is 0.500. The first-order valence-electron chi connectivity index (χ1n) is 7.25. The lowest BCUT2D eigenvalue weighted by molar-refractivity contribution is 0.114. The molecular formula is C16H23BrN2O. The molecular weight excluding hydrogens is 316 g/mol. The summed E-state index contributed by atoms with van der Waals surface area (Å²) in [5.41, 5.74) is 1.25. The minimum atomic E-state index is 0.274. The Bertz CT molecular complexity index is 411. The zero-order valence-corrected chi connectivity index (χ0v) is 13.4. The van der Waals surface area contributed by atoms with Crippen LogP contribution in [0.5, 0.6) is 0 Å². The molecule has 0 spiro atoms. The highest BCUT2D eigenvalue weighted by atomic mass is 79.9. The Morgan fingerprint density at radius 1 is 1.00 bits per heavy atom. The van der Waals surface area contributed by atoms with Crippen LogP contribution in [0.4, 0.5) is 0 Å². The summed E-state index contributed by atoms with van der Waals surface area (Å²) in [5, 5.41) is 8.92. The molecule has 1 aromatic carbocycles. The van der Waals surface area contributed by atoms with Crippen molar-refractivity contribution in [3.05, 3.63) is 40.4 Å². The molecule has 0 saturated carbocycles. The second kappa shape index (κ2) is 8.57. The first-order chi connectivity index (χ1) is 9.78. The molecule has 0 radical (unpaired) electrons. The minimum Gasteiger partial charge on any atom is -0.395 e. The highest BCUT2D eigenvalue weighted by Crippen LogP contribution is 2.12. The molecule has 1 saturated heterocycles. The normalized spacial score (nSPS) is 17.9. The summed E-state index contributed by atoms with van der Waals surface area (Å²) in [6.45, 7) is 6.61. The lowest BCUT2D eigenvalue weighted by Crippen LogP contribution is -2.47. The number of rotatable bonds is 6. The van der Waals surface area contributed by atoms with Crippen molar-refractivity contribution in [2.75, 3.05) is 45.9 Å². The van der Waals surface area contributed by atoms with E-state index in [1.807, 2.05) is 0 Å². The van der Waals surface area contributed by atoms with Crippen LogP contribution < -0.4 is 0 Å². The average Bonchev–Trinajstić information content (AvgIpc) is 2.47. The zero-order chi connectivity index (χ0) is 14.2. The molecule has 0 aromatic heterocycles. The number of piperazine rings is 1. The third kappa shape index (κ3) is 5.37. The van der Waals surface area contributed by atoms with Gasteiger partial charge in [0.25, 0.3) is 0 Å². The molecule has 0 atom stereocenters. The van der Waals surface area contributed by atoms with E-state index in [0.29, 0.717) is 0 Å². The van der Waals surface area contributed by atoms with Crippen molar-refractivity contribution >= 4 is 22.0 Å². The summed E-state index contributed by atoms with van der Waals surface area (Å²) < 4.78 is 1.12. The molecule has 0 amide bonds. The fourth-order valence-electron chi connectivity index (χ4n) is 2.43. The van der Waals surface area contributed by atoms with Crippen LogP contribution in [0.2, 0.25) is 0 Å². The van der Waals surface area contributed by atoms with E-state index < -0.39 is 0 Å². The van der Waals surface area contributed by atoms with Crippen molar-refractivity contribution in [3.8, 4) is 0 Å². The molecule has 4 heteroatoms. The number of β-amino-alcohol motifs (C(OH)–C–C–N with tert-alkyl or cyclic N) is 1. The van der Waals surface area contributed by atoms with Crippen LogP contribution in [0.3, 0.4) is 0 Å². The van der Waals surface area contributed by atoms with Crippen LogP contribution in [0, 0.1) is 0 Å². The van der Waals surface area contributed by atoms with Gasteiger partial charge < -0.3 is 10.0 Å². The van der Waals surface area contributed by atoms with Crippen molar-refractivity contribution in [1.82, 2.24) is 9.80 Å². The first kappa shape index (κ1) is 15.7. The van der Waals surface area contributed by atoms with Crippen molar-refractivity contribution in [2.45, 2.75) is 6.42 Å². The summed E-state index contributed by atoms with van der Waals surface area (Å²) >= 11 is 3.44. The third-order valence-electron chi connectivity index (χ3n) is 3.67. The summed E-state index contributed by atoms with van der Waals surface area (Å²) in [7, 11) is 0. The Balaban J connectivity index is 1.65. The second-order valence-electron chi connectivity index (χ2n) is 5.15. The van der Waals surface area contributed by atoms with Crippen molar-refractivity contribution in [2.24, 2.45) is 0 Å². The summed E-state index contributed by atoms with van der Waals surface area (Å²) in [4.78, 5) is 4.83. The van der Waals surface area contributed by atoms with Crippen LogP contribution in [-0.4, -0.2) is 60.8 Å². The van der Waals surface area contributed by atoms with Gasteiger partial charge in [0.2, 0.25) is 0 Å². The van der Waals surface area contributed by atoms with Crippen LogP contribution in [-0.2, 0) is 0 Å². The van der Waals surface area contributed by atoms with Gasteiger partial charge in [-0.15, -0.1) is 0 Å². The van der Waals surface area contributed by atoms with E-state index in [4.69, 9.17) is 5.11 Å². The molecule has 1 aliphatic rings. The topological polar surface area (TPSA) is 26.7 Å². The predicted octanol–water partition coefficient (Wildman–Crippen LogP) is 2.46. The smallest absolute Gasteiger partial charge is 0.0558 e. The summed E-state index contributed by atoms with van der Waals surface area (Å²) in [6.07, 6.45) is 5.54. The van der Waals surface area contributed by atoms with Gasteiger partial charge in [0.1, 0.15) is 0 Å². The highest BCUT2D eigenvalue weighted by molar-refractivity contribution is 9.10. The maximum atomic E-state index is 8.92. The molecule has 1 aliphatic heterocycles. The SMILES string of the molecule is OCCN1CCN(CCC=Cc2ccc(Br)cc2)CC1. The zero-order valence-electron chi connectivity index (χ0n) is 11.8. The molecule has 1 fully saturated rings. The largest absolute Gasteiger partial charge is 0.395 e. The van der Waals surface area contributed by atoms with Crippen LogP contribution in [0.1, 0.15) is 12.0 Å². The Labute approximate surface area is 130 Å². The third-order valence-corrected chi connectivity index (χ3v) is 4.20. The Morgan fingerprint density at radius 2 is 1.60 bits per heavy atom. The lowest BCUT2D eigenvalue weighted by Gasteiger charge is -2.34. The van der Waals surface area contributed by atoms with Gasteiger partial charge in [0, 0.05) is 43.7 Å². The summed E-state index contributed by atoms with van der Waals surface area (Å²) in [6, 6.07) is 8.38. The van der Waals surface area contributed by atoms with E-state index in [2.05, 4.69) is 62.1 Å². The van der Waals surface area contributed by atoms with Gasteiger partial charge in [-0.25, -0.2) is 0 Å². The maximum Gasteiger partial charge on any atom is 0.0558 e. The van der Waals surface area contributed by atoms with E-state index in [-0.39, 0.29) is 6.61 Å². The number of nitrogens with zero attached hydrogens (tertiary/aromatic N) is 2. The molecule has 20 heavy (non-hydrogen) atoms. The van der Waals surface area contributed by atoms with Crippen LogP contribution >= 0.6 is 15.9 Å². The average molecular weight is 339 g/mol. The molecule has 3 nitrogen and oxygen atoms in total. The van der Waals surface area contributed by atoms with Gasteiger partial charge in [-0.3, -0.25) is 4.90 Å². The predicted molar refractivity (Wildman–Crippen MR) is 87.8 cm³/mol. The van der Waals surface area contributed by atoms with Gasteiger partial charge in [-0.1, -0.05) is 40.2 Å². The van der Waals surface area contributed by atoms with Crippen molar-refractivity contribution < 1.29 is 5.11 Å². The van der Waals surface area contributed by atoms with Gasteiger partial charge in [0.05, 0.1) is 6.61 Å². The second-order valence-corrected chi connectivity index (χ2v) is 6.07. The van der Waals surface area contributed by atoms with Gasteiger partial charge in [-0.2, -0.15) is 0 Å². The van der Waals surface area contributed by atoms with E-state index in [1.165, 1.54) is 5.56 Å². The van der Waals surface area contributed by atoms with Crippen molar-refractivity contribution in [1.29, 1.82) is 0 Å². The molecule has 2 rings (SSSR count). The molecule has 0 aliphatic carbocycles. The van der Waals surface area contributed by atoms with E-state index in [0.717, 1.165) is 50.2 Å². The molecule has 1 aromatic rings. The fourth-order valence-corrected chi connectivity index (χ4v) is 2.69. The number of benzene rings is 1. The molecule has 110 valence electrons. The van der Waals surface area contributed by atoms with Crippen LogP contribution in [0.25, 0.3) is 6.08 Å². The molecule has 0 bridgehead atoms. The van der Waals surface area contributed by atoms with E-state index >= 15 is 0 Å². The van der Waals surface area contributed by atoms with Crippen molar-refractivity contribution in [3.63, 3.8) is 0 Å². The quantitative estimate of drug-likeness (QED) is 0.863. The Kier molecular flexibility index (Phi) is 6.73. The Morgan fingerprint density at radius 3 is 2.20 bits per heavy atom. The van der Waals surface area contributed by atoms with Gasteiger partial charge >= 0.3 is 0 Å². The molecule has 0 unspecified atom stereocenters. The van der Waals surface area contributed by atoms with Crippen LogP contribution in [0.15, 0.2) is 34.8 Å². The number of halogens is 1. The van der Waals surface area contributed by atoms with Gasteiger partial charge in [-0.05, 0) is 24.1 Å². The van der Waals surface area contributed by atoms with E-state index in [9.17, 15) is 0 Å². The Hall–Kier alpha value is -0.680. The summed E-state index contributed by atoms with van der Waals surface area (Å²) in [5.74, 6) is 0. The van der Waals surface area contributed by atoms with Gasteiger partial charge in [0.15, 0.2) is 0 Å². The van der Waals surface area contributed by atoms with E-state index in [1.54, 1.807) is 0 Å². The first-order valence-corrected chi connectivity index (χ1v) is 8.05. The maximum absolute atomic E-state index is 8.92. The number of aliphatic hydroxyl groups excluding tert-OH is 1. The molecule has 1 heterocycles. The standard InChI is InChI=1S/C16H23BrN2O/c17-16-6-4-15(5-7-16)3-1-2-8-18-9-11-19(12-10-18)13-14-20/h1,3-7,20H,2,8-14H2. The number of aliphatic hydroxyl groups is 1. The monoisotopic (exact) mass is 338 g/mol. The highest BCUT2D eigenvalue weighted by Gasteiger charge is 2.14. The lowest BCUT2D eigenvalue weighted by atomic mass is 10.2.